The number of ether oxygens (including phenoxy) is 1. The third-order valence-electron chi connectivity index (χ3n) is 2.25. The van der Waals surface area contributed by atoms with E-state index in [1.807, 2.05) is 0 Å². The quantitative estimate of drug-likeness (QED) is 0.830. The summed E-state index contributed by atoms with van der Waals surface area (Å²) < 4.78 is 5.25. The van der Waals surface area contributed by atoms with Crippen LogP contribution in [0.5, 0.6) is 0 Å². The van der Waals surface area contributed by atoms with Gasteiger partial charge in [0.15, 0.2) is 0 Å². The van der Waals surface area contributed by atoms with Gasteiger partial charge in [-0.15, -0.1) is 0 Å². The molecule has 1 amide bonds. The first-order valence-corrected chi connectivity index (χ1v) is 5.80. The number of morpholine rings is 1. The summed E-state index contributed by atoms with van der Waals surface area (Å²) in [5.74, 6) is 0. The van der Waals surface area contributed by atoms with Gasteiger partial charge in [-0.2, -0.15) is 0 Å². The maximum Gasteiger partial charge on any atom is 0.409 e. The summed E-state index contributed by atoms with van der Waals surface area (Å²) >= 11 is 1.37. The molecule has 0 spiro atoms. The SMILES string of the molecule is O=C(O)Nc1cnc(CN2CCOCC2)s1. The first-order valence-electron chi connectivity index (χ1n) is 4.99. The van der Waals surface area contributed by atoms with E-state index in [0.717, 1.165) is 37.9 Å². The number of anilines is 1. The minimum absolute atomic E-state index is 0.566. The smallest absolute Gasteiger partial charge is 0.409 e. The van der Waals surface area contributed by atoms with E-state index in [1.54, 1.807) is 6.20 Å². The lowest BCUT2D eigenvalue weighted by Crippen LogP contribution is -2.35. The topological polar surface area (TPSA) is 74.7 Å². The van der Waals surface area contributed by atoms with Crippen LogP contribution < -0.4 is 5.32 Å². The number of hydrogen-bond acceptors (Lipinski definition) is 5. The number of aromatic nitrogens is 1. The van der Waals surface area contributed by atoms with E-state index in [1.165, 1.54) is 11.3 Å². The highest BCUT2D eigenvalue weighted by molar-refractivity contribution is 7.15. The highest BCUT2D eigenvalue weighted by atomic mass is 32.1. The standard InChI is InChI=1S/C9H13N3O3S/c13-9(14)11-7-5-10-8(16-7)6-12-1-3-15-4-2-12/h5,11H,1-4,6H2,(H,13,14). The highest BCUT2D eigenvalue weighted by Gasteiger charge is 2.13. The number of nitrogens with zero attached hydrogens (tertiary/aromatic N) is 2. The highest BCUT2D eigenvalue weighted by Crippen LogP contribution is 2.20. The molecule has 0 aromatic carbocycles. The molecule has 1 aliphatic rings. The van der Waals surface area contributed by atoms with Crippen molar-refractivity contribution in [1.82, 2.24) is 9.88 Å². The maximum atomic E-state index is 10.4. The third-order valence-corrected chi connectivity index (χ3v) is 3.14. The second kappa shape index (κ2) is 5.24. The molecule has 0 aliphatic carbocycles. The van der Waals surface area contributed by atoms with Crippen LogP contribution in [0.25, 0.3) is 0 Å². The number of hydrogen-bond donors (Lipinski definition) is 2. The first-order chi connectivity index (χ1) is 7.74. The molecule has 0 bridgehead atoms. The molecule has 1 fully saturated rings. The molecule has 2 rings (SSSR count). The van der Waals surface area contributed by atoms with E-state index in [2.05, 4.69) is 15.2 Å². The van der Waals surface area contributed by atoms with Crippen molar-refractivity contribution in [2.45, 2.75) is 6.54 Å². The summed E-state index contributed by atoms with van der Waals surface area (Å²) in [6, 6.07) is 0. The van der Waals surface area contributed by atoms with E-state index in [4.69, 9.17) is 9.84 Å². The fraction of sp³-hybridized carbons (Fsp3) is 0.556. The summed E-state index contributed by atoms with van der Waals surface area (Å²) in [5, 5.41) is 12.3. The van der Waals surface area contributed by atoms with Crippen LogP contribution >= 0.6 is 11.3 Å². The zero-order valence-electron chi connectivity index (χ0n) is 8.68. The zero-order chi connectivity index (χ0) is 11.4. The lowest BCUT2D eigenvalue weighted by atomic mass is 10.4. The van der Waals surface area contributed by atoms with E-state index in [-0.39, 0.29) is 0 Å². The molecule has 6 nitrogen and oxygen atoms in total. The molecule has 1 aromatic rings. The van der Waals surface area contributed by atoms with Crippen molar-refractivity contribution >= 4 is 22.4 Å². The van der Waals surface area contributed by atoms with Gasteiger partial charge in [0, 0.05) is 13.1 Å². The number of thiazole rings is 1. The van der Waals surface area contributed by atoms with Gasteiger partial charge >= 0.3 is 6.09 Å². The van der Waals surface area contributed by atoms with Gasteiger partial charge in [-0.3, -0.25) is 10.2 Å². The van der Waals surface area contributed by atoms with Crippen molar-refractivity contribution in [1.29, 1.82) is 0 Å². The third kappa shape index (κ3) is 3.16. The van der Waals surface area contributed by atoms with Crippen LogP contribution in [0, 0.1) is 0 Å². The van der Waals surface area contributed by atoms with E-state index in [0.29, 0.717) is 5.00 Å². The van der Waals surface area contributed by atoms with Crippen molar-refractivity contribution in [2.75, 3.05) is 31.6 Å². The van der Waals surface area contributed by atoms with Gasteiger partial charge in [0.2, 0.25) is 0 Å². The fourth-order valence-corrected chi connectivity index (χ4v) is 2.35. The Morgan fingerprint density at radius 1 is 1.62 bits per heavy atom. The molecular weight excluding hydrogens is 230 g/mol. The minimum Gasteiger partial charge on any atom is -0.465 e. The van der Waals surface area contributed by atoms with Crippen LogP contribution in [0.2, 0.25) is 0 Å². The first kappa shape index (κ1) is 11.3. The molecule has 0 radical (unpaired) electrons. The maximum absolute atomic E-state index is 10.4. The van der Waals surface area contributed by atoms with Crippen LogP contribution in [0.15, 0.2) is 6.20 Å². The number of rotatable bonds is 3. The summed E-state index contributed by atoms with van der Waals surface area (Å²) in [7, 11) is 0. The fourth-order valence-electron chi connectivity index (χ4n) is 1.50. The summed E-state index contributed by atoms with van der Waals surface area (Å²) in [6.45, 7) is 4.08. The average molecular weight is 243 g/mol. The van der Waals surface area contributed by atoms with Gasteiger partial charge in [0.1, 0.15) is 10.0 Å². The normalized spacial score (nSPS) is 17.2. The molecule has 16 heavy (non-hydrogen) atoms. The zero-order valence-corrected chi connectivity index (χ0v) is 9.50. The van der Waals surface area contributed by atoms with Crippen molar-refractivity contribution in [3.8, 4) is 0 Å². The van der Waals surface area contributed by atoms with Gasteiger partial charge in [0.25, 0.3) is 0 Å². The number of carboxylic acid groups (broad SMARTS) is 1. The second-order valence-corrected chi connectivity index (χ2v) is 4.55. The Bertz CT molecular complexity index is 363. The molecule has 0 unspecified atom stereocenters. The lowest BCUT2D eigenvalue weighted by Gasteiger charge is -2.25. The Balaban J connectivity index is 1.88. The lowest BCUT2D eigenvalue weighted by molar-refractivity contribution is 0.0341. The van der Waals surface area contributed by atoms with Gasteiger partial charge < -0.3 is 9.84 Å². The molecular formula is C9H13N3O3S. The predicted molar refractivity (Wildman–Crippen MR) is 59.9 cm³/mol. The van der Waals surface area contributed by atoms with Crippen molar-refractivity contribution < 1.29 is 14.6 Å². The van der Waals surface area contributed by atoms with Crippen LogP contribution in [-0.4, -0.2) is 47.4 Å². The number of carbonyl (C=O) groups is 1. The Morgan fingerprint density at radius 3 is 3.06 bits per heavy atom. The Hall–Kier alpha value is -1.18. The molecule has 1 aliphatic heterocycles. The largest absolute Gasteiger partial charge is 0.465 e. The number of amides is 1. The molecule has 2 heterocycles. The summed E-state index contributed by atoms with van der Waals surface area (Å²) in [5.41, 5.74) is 0. The summed E-state index contributed by atoms with van der Waals surface area (Å²) in [6.07, 6.45) is 0.496. The molecule has 2 N–H and O–H groups in total. The van der Waals surface area contributed by atoms with Crippen LogP contribution in [0.3, 0.4) is 0 Å². The minimum atomic E-state index is -1.05. The molecule has 0 saturated carbocycles. The molecule has 1 saturated heterocycles. The Morgan fingerprint density at radius 2 is 2.38 bits per heavy atom. The molecule has 1 aromatic heterocycles. The monoisotopic (exact) mass is 243 g/mol. The van der Waals surface area contributed by atoms with Gasteiger partial charge in [0.05, 0.1) is 26.0 Å². The Labute approximate surface area is 96.9 Å². The van der Waals surface area contributed by atoms with Crippen molar-refractivity contribution in [3.63, 3.8) is 0 Å². The molecule has 7 heteroatoms. The van der Waals surface area contributed by atoms with Crippen molar-refractivity contribution in [2.24, 2.45) is 0 Å². The van der Waals surface area contributed by atoms with Gasteiger partial charge in [-0.25, -0.2) is 9.78 Å². The van der Waals surface area contributed by atoms with Crippen LogP contribution in [-0.2, 0) is 11.3 Å². The van der Waals surface area contributed by atoms with Crippen LogP contribution in [0.4, 0.5) is 9.80 Å². The van der Waals surface area contributed by atoms with Gasteiger partial charge in [-0.05, 0) is 0 Å². The summed E-state index contributed by atoms with van der Waals surface area (Å²) in [4.78, 5) is 16.8. The van der Waals surface area contributed by atoms with Crippen LogP contribution in [0.1, 0.15) is 5.01 Å². The van der Waals surface area contributed by atoms with E-state index < -0.39 is 6.09 Å². The molecule has 88 valence electrons. The second-order valence-electron chi connectivity index (χ2n) is 3.44. The average Bonchev–Trinajstić information content (AvgIpc) is 2.66. The van der Waals surface area contributed by atoms with Crippen molar-refractivity contribution in [3.05, 3.63) is 11.2 Å². The Kier molecular flexibility index (Phi) is 3.70. The predicted octanol–water partition coefficient (Wildman–Crippen LogP) is 1.07. The molecule has 0 atom stereocenters. The van der Waals surface area contributed by atoms with E-state index >= 15 is 0 Å². The number of nitrogens with one attached hydrogen (secondary N) is 1. The van der Waals surface area contributed by atoms with E-state index in [9.17, 15) is 4.79 Å². The van der Waals surface area contributed by atoms with Gasteiger partial charge in [-0.1, -0.05) is 11.3 Å².